The minimum absolute atomic E-state index is 0.0943. The SMILES string of the molecule is O=C(CCC(=O)N1CCCC1Cc1ccccc1)c1ccc2c(c1)CCC2. The van der Waals surface area contributed by atoms with Gasteiger partial charge in [-0.25, -0.2) is 0 Å². The Kier molecular flexibility index (Phi) is 5.38. The smallest absolute Gasteiger partial charge is 0.223 e. The van der Waals surface area contributed by atoms with E-state index in [0.717, 1.165) is 44.2 Å². The van der Waals surface area contributed by atoms with Crippen LogP contribution in [0.2, 0.25) is 0 Å². The average molecular weight is 361 g/mol. The van der Waals surface area contributed by atoms with Crippen LogP contribution in [0.25, 0.3) is 0 Å². The van der Waals surface area contributed by atoms with Crippen LogP contribution in [0, 0.1) is 0 Å². The topological polar surface area (TPSA) is 37.4 Å². The molecule has 1 aliphatic carbocycles. The number of fused-ring (bicyclic) bond motifs is 1. The van der Waals surface area contributed by atoms with Crippen molar-refractivity contribution in [1.82, 2.24) is 4.90 Å². The normalized spacial score (nSPS) is 18.5. The fourth-order valence-corrected chi connectivity index (χ4v) is 4.52. The number of benzene rings is 2. The molecule has 1 atom stereocenters. The van der Waals surface area contributed by atoms with Crippen molar-refractivity contribution in [2.24, 2.45) is 0 Å². The number of Topliss-reactive ketones (excluding diaryl/α,β-unsaturated/α-hetero) is 1. The van der Waals surface area contributed by atoms with E-state index in [9.17, 15) is 9.59 Å². The highest BCUT2D eigenvalue weighted by atomic mass is 16.2. The van der Waals surface area contributed by atoms with Gasteiger partial charge in [-0.05, 0) is 61.3 Å². The molecule has 1 saturated heterocycles. The van der Waals surface area contributed by atoms with Gasteiger partial charge in [0.2, 0.25) is 5.91 Å². The van der Waals surface area contributed by atoms with Crippen molar-refractivity contribution >= 4 is 11.7 Å². The highest BCUT2D eigenvalue weighted by Crippen LogP contribution is 2.25. The van der Waals surface area contributed by atoms with Crippen molar-refractivity contribution in [3.8, 4) is 0 Å². The molecule has 2 aromatic rings. The van der Waals surface area contributed by atoms with E-state index in [0.29, 0.717) is 12.8 Å². The number of nitrogens with zero attached hydrogens (tertiary/aromatic N) is 1. The molecule has 0 aromatic heterocycles. The van der Waals surface area contributed by atoms with Crippen LogP contribution in [0.3, 0.4) is 0 Å². The summed E-state index contributed by atoms with van der Waals surface area (Å²) in [5.74, 6) is 0.222. The quantitative estimate of drug-likeness (QED) is 0.717. The van der Waals surface area contributed by atoms with Gasteiger partial charge in [0.1, 0.15) is 0 Å². The molecule has 3 nitrogen and oxygen atoms in total. The highest BCUT2D eigenvalue weighted by Gasteiger charge is 2.28. The molecule has 3 heteroatoms. The molecule has 0 bridgehead atoms. The minimum Gasteiger partial charge on any atom is -0.339 e. The summed E-state index contributed by atoms with van der Waals surface area (Å²) in [5.41, 5.74) is 4.74. The van der Waals surface area contributed by atoms with Gasteiger partial charge in [0.25, 0.3) is 0 Å². The first-order valence-corrected chi connectivity index (χ1v) is 10.2. The molecule has 1 fully saturated rings. The fraction of sp³-hybridized carbons (Fsp3) is 0.417. The van der Waals surface area contributed by atoms with Crippen LogP contribution in [0.1, 0.15) is 59.2 Å². The molecule has 4 rings (SSSR count). The lowest BCUT2D eigenvalue weighted by molar-refractivity contribution is -0.131. The lowest BCUT2D eigenvalue weighted by Gasteiger charge is -2.25. The molecule has 0 saturated carbocycles. The molecule has 27 heavy (non-hydrogen) atoms. The Balaban J connectivity index is 1.33. The number of amides is 1. The second-order valence-electron chi connectivity index (χ2n) is 7.83. The van der Waals surface area contributed by atoms with Gasteiger partial charge in [0, 0.05) is 31.0 Å². The minimum atomic E-state index is 0.0943. The van der Waals surface area contributed by atoms with Crippen molar-refractivity contribution in [1.29, 1.82) is 0 Å². The Bertz CT molecular complexity index is 828. The van der Waals surface area contributed by atoms with E-state index >= 15 is 0 Å². The number of aryl methyl sites for hydroxylation is 2. The van der Waals surface area contributed by atoms with Crippen LogP contribution in [0.4, 0.5) is 0 Å². The molecule has 0 radical (unpaired) electrons. The molecule has 0 spiro atoms. The molecule has 1 unspecified atom stereocenters. The van der Waals surface area contributed by atoms with Gasteiger partial charge in [-0.1, -0.05) is 42.5 Å². The molecule has 2 aliphatic rings. The van der Waals surface area contributed by atoms with Crippen LogP contribution in [-0.2, 0) is 24.1 Å². The van der Waals surface area contributed by atoms with Gasteiger partial charge < -0.3 is 4.90 Å². The summed E-state index contributed by atoms with van der Waals surface area (Å²) in [4.78, 5) is 27.3. The van der Waals surface area contributed by atoms with Gasteiger partial charge in [-0.15, -0.1) is 0 Å². The Morgan fingerprint density at radius 2 is 1.74 bits per heavy atom. The van der Waals surface area contributed by atoms with E-state index in [1.807, 2.05) is 35.2 Å². The van der Waals surface area contributed by atoms with Crippen LogP contribution in [0.15, 0.2) is 48.5 Å². The number of ketones is 1. The number of carbonyl (C=O) groups is 2. The number of hydrogen-bond donors (Lipinski definition) is 0. The fourth-order valence-electron chi connectivity index (χ4n) is 4.52. The van der Waals surface area contributed by atoms with Crippen molar-refractivity contribution in [3.63, 3.8) is 0 Å². The number of likely N-dealkylation sites (tertiary alicyclic amines) is 1. The summed E-state index contributed by atoms with van der Waals surface area (Å²) < 4.78 is 0. The van der Waals surface area contributed by atoms with Crippen molar-refractivity contribution in [2.75, 3.05) is 6.54 Å². The van der Waals surface area contributed by atoms with E-state index in [4.69, 9.17) is 0 Å². The third-order valence-corrected chi connectivity index (χ3v) is 6.00. The van der Waals surface area contributed by atoms with E-state index < -0.39 is 0 Å². The molecule has 1 aliphatic heterocycles. The molecular formula is C24H27NO2. The Labute approximate surface area is 161 Å². The van der Waals surface area contributed by atoms with Crippen LogP contribution >= 0.6 is 0 Å². The maximum atomic E-state index is 12.7. The number of rotatable bonds is 6. The monoisotopic (exact) mass is 361 g/mol. The maximum Gasteiger partial charge on any atom is 0.223 e. The van der Waals surface area contributed by atoms with Gasteiger partial charge in [-0.2, -0.15) is 0 Å². The summed E-state index contributed by atoms with van der Waals surface area (Å²) in [6.07, 6.45) is 7.04. The van der Waals surface area contributed by atoms with Crippen LogP contribution < -0.4 is 0 Å². The number of hydrogen-bond acceptors (Lipinski definition) is 2. The molecule has 1 amide bonds. The highest BCUT2D eigenvalue weighted by molar-refractivity contribution is 5.98. The summed E-state index contributed by atoms with van der Waals surface area (Å²) in [6.45, 7) is 0.823. The predicted molar refractivity (Wildman–Crippen MR) is 107 cm³/mol. The molecule has 1 heterocycles. The first-order valence-electron chi connectivity index (χ1n) is 10.2. The summed E-state index contributed by atoms with van der Waals surface area (Å²) in [5, 5.41) is 0. The number of carbonyl (C=O) groups excluding carboxylic acids is 2. The van der Waals surface area contributed by atoms with Gasteiger partial charge >= 0.3 is 0 Å². The van der Waals surface area contributed by atoms with E-state index in [1.54, 1.807) is 0 Å². The zero-order chi connectivity index (χ0) is 18.6. The molecule has 2 aromatic carbocycles. The van der Waals surface area contributed by atoms with Gasteiger partial charge in [0.15, 0.2) is 5.78 Å². The van der Waals surface area contributed by atoms with Crippen molar-refractivity contribution in [3.05, 3.63) is 70.8 Å². The Morgan fingerprint density at radius 1 is 0.926 bits per heavy atom. The first kappa shape index (κ1) is 18.0. The van der Waals surface area contributed by atoms with Crippen molar-refractivity contribution < 1.29 is 9.59 Å². The van der Waals surface area contributed by atoms with Gasteiger partial charge in [-0.3, -0.25) is 9.59 Å². The third-order valence-electron chi connectivity index (χ3n) is 6.00. The predicted octanol–water partition coefficient (Wildman–Crippen LogP) is 4.37. The van der Waals surface area contributed by atoms with E-state index in [2.05, 4.69) is 18.2 Å². The lowest BCUT2D eigenvalue weighted by Crippen LogP contribution is -2.36. The standard InChI is InChI=1S/C24H27NO2/c26-23(21-12-11-19-8-4-9-20(19)17-21)13-14-24(27)25-15-5-10-22(25)16-18-6-2-1-3-7-18/h1-3,6-7,11-12,17,22H,4-5,8-10,13-16H2. The van der Waals surface area contributed by atoms with Crippen LogP contribution in [-0.4, -0.2) is 29.2 Å². The molecule has 140 valence electrons. The Hall–Kier alpha value is -2.42. The van der Waals surface area contributed by atoms with E-state index in [1.165, 1.54) is 23.1 Å². The summed E-state index contributed by atoms with van der Waals surface area (Å²) in [6, 6.07) is 16.7. The molecule has 0 N–H and O–H groups in total. The van der Waals surface area contributed by atoms with E-state index in [-0.39, 0.29) is 17.7 Å². The Morgan fingerprint density at radius 3 is 2.59 bits per heavy atom. The third kappa shape index (κ3) is 4.13. The maximum absolute atomic E-state index is 12.7. The van der Waals surface area contributed by atoms with Crippen molar-refractivity contribution in [2.45, 2.75) is 57.4 Å². The zero-order valence-corrected chi connectivity index (χ0v) is 15.8. The largest absolute Gasteiger partial charge is 0.339 e. The second kappa shape index (κ2) is 8.08. The first-order chi connectivity index (χ1) is 13.2. The summed E-state index contributed by atoms with van der Waals surface area (Å²) >= 11 is 0. The average Bonchev–Trinajstić information content (AvgIpc) is 3.35. The molecular weight excluding hydrogens is 334 g/mol. The lowest BCUT2D eigenvalue weighted by atomic mass is 10.0. The zero-order valence-electron chi connectivity index (χ0n) is 15.8. The summed E-state index contributed by atoms with van der Waals surface area (Å²) in [7, 11) is 0. The second-order valence-corrected chi connectivity index (χ2v) is 7.83. The van der Waals surface area contributed by atoms with Gasteiger partial charge in [0.05, 0.1) is 0 Å². The van der Waals surface area contributed by atoms with Crippen LogP contribution in [0.5, 0.6) is 0 Å².